The first-order valence-corrected chi connectivity index (χ1v) is 6.14. The summed E-state index contributed by atoms with van der Waals surface area (Å²) in [6, 6.07) is 0. The molecule has 0 saturated carbocycles. The highest BCUT2D eigenvalue weighted by Crippen LogP contribution is 2.25. The summed E-state index contributed by atoms with van der Waals surface area (Å²) in [6.45, 7) is 0. The summed E-state index contributed by atoms with van der Waals surface area (Å²) < 4.78 is 1.65. The lowest BCUT2D eigenvalue weighted by Gasteiger charge is -2.19. The second kappa shape index (κ2) is 4.21. The summed E-state index contributed by atoms with van der Waals surface area (Å²) in [6.07, 6.45) is 3.58. The Kier molecular flexibility index (Phi) is 2.96. The zero-order valence-corrected chi connectivity index (χ0v) is 9.26. The van der Waals surface area contributed by atoms with Crippen molar-refractivity contribution in [2.45, 2.75) is 19.3 Å². The van der Waals surface area contributed by atoms with E-state index in [2.05, 4.69) is 10.1 Å². The Morgan fingerprint density at radius 3 is 2.79 bits per heavy atom. The maximum absolute atomic E-state index is 5.63. The number of nitrogens with zero attached hydrogens (tertiary/aromatic N) is 3. The molecule has 4 nitrogen and oxygen atoms in total. The van der Waals surface area contributed by atoms with Crippen LogP contribution in [0.25, 0.3) is 0 Å². The molecular weight excluding hydrogens is 196 g/mol. The lowest BCUT2D eigenvalue weighted by atomic mass is 9.99. The van der Waals surface area contributed by atoms with Crippen LogP contribution in [0.15, 0.2) is 0 Å². The lowest BCUT2D eigenvalue weighted by Crippen LogP contribution is -2.13. The minimum absolute atomic E-state index is 0.519. The smallest absolute Gasteiger partial charge is 0.218 e. The third-order valence-electron chi connectivity index (χ3n) is 2.65. The molecule has 2 N–H and O–H groups in total. The van der Waals surface area contributed by atoms with Crippen molar-refractivity contribution in [2.24, 2.45) is 13.0 Å². The summed E-state index contributed by atoms with van der Waals surface area (Å²) in [4.78, 5) is 4.23. The standard InChI is InChI=1S/C9H16N4S/c1-13-9(10)11-8(12-13)6-7-2-4-14-5-3-7/h7H,2-6H2,1H3,(H2,10,11,12). The Morgan fingerprint density at radius 1 is 1.50 bits per heavy atom. The molecule has 2 rings (SSSR count). The second-order valence-corrected chi connectivity index (χ2v) is 4.99. The van der Waals surface area contributed by atoms with Crippen LogP contribution in [0.3, 0.4) is 0 Å². The van der Waals surface area contributed by atoms with Crippen LogP contribution < -0.4 is 5.73 Å². The predicted octanol–water partition coefficient (Wildman–Crippen LogP) is 1.08. The molecule has 1 saturated heterocycles. The number of anilines is 1. The third kappa shape index (κ3) is 2.20. The van der Waals surface area contributed by atoms with Crippen LogP contribution in [0.4, 0.5) is 5.95 Å². The van der Waals surface area contributed by atoms with Crippen LogP contribution in [-0.2, 0) is 13.5 Å². The molecule has 1 aromatic heterocycles. The summed E-state index contributed by atoms with van der Waals surface area (Å²) in [5.41, 5.74) is 5.63. The topological polar surface area (TPSA) is 56.7 Å². The van der Waals surface area contributed by atoms with Crippen LogP contribution >= 0.6 is 11.8 Å². The van der Waals surface area contributed by atoms with Crippen molar-refractivity contribution in [3.63, 3.8) is 0 Å². The molecule has 0 aromatic carbocycles. The molecule has 1 aliphatic rings. The highest BCUT2D eigenvalue weighted by molar-refractivity contribution is 7.99. The zero-order valence-electron chi connectivity index (χ0n) is 8.44. The van der Waals surface area contributed by atoms with Gasteiger partial charge in [0.25, 0.3) is 0 Å². The first-order valence-electron chi connectivity index (χ1n) is 4.99. The SMILES string of the molecule is Cn1nc(CC2CCSCC2)nc1N. The molecule has 1 aliphatic heterocycles. The number of aryl methyl sites for hydroxylation is 1. The number of rotatable bonds is 2. The minimum atomic E-state index is 0.519. The number of hydrogen-bond acceptors (Lipinski definition) is 4. The van der Waals surface area contributed by atoms with Crippen molar-refractivity contribution in [3.05, 3.63) is 5.82 Å². The van der Waals surface area contributed by atoms with E-state index in [1.807, 2.05) is 18.8 Å². The Labute approximate surface area is 88.3 Å². The van der Waals surface area contributed by atoms with E-state index in [-0.39, 0.29) is 0 Å². The first kappa shape index (κ1) is 9.83. The van der Waals surface area contributed by atoms with Gasteiger partial charge in [-0.1, -0.05) is 0 Å². The molecule has 0 aliphatic carbocycles. The fraction of sp³-hybridized carbons (Fsp3) is 0.778. The lowest BCUT2D eigenvalue weighted by molar-refractivity contribution is 0.475. The molecule has 0 atom stereocenters. The van der Waals surface area contributed by atoms with Gasteiger partial charge in [0.1, 0.15) is 0 Å². The van der Waals surface area contributed by atoms with Crippen LogP contribution in [0.1, 0.15) is 18.7 Å². The van der Waals surface area contributed by atoms with Gasteiger partial charge in [0.15, 0.2) is 5.82 Å². The molecule has 1 aromatic rings. The molecule has 78 valence electrons. The predicted molar refractivity (Wildman–Crippen MR) is 59.2 cm³/mol. The van der Waals surface area contributed by atoms with Crippen molar-refractivity contribution < 1.29 is 0 Å². The van der Waals surface area contributed by atoms with Crippen LogP contribution in [-0.4, -0.2) is 26.3 Å². The molecule has 2 heterocycles. The van der Waals surface area contributed by atoms with E-state index < -0.39 is 0 Å². The molecule has 1 fully saturated rings. The maximum Gasteiger partial charge on any atom is 0.218 e. The van der Waals surface area contributed by atoms with E-state index in [4.69, 9.17) is 5.73 Å². The van der Waals surface area contributed by atoms with Gasteiger partial charge in [-0.25, -0.2) is 4.68 Å². The molecule has 0 spiro atoms. The van der Waals surface area contributed by atoms with Gasteiger partial charge in [0.05, 0.1) is 0 Å². The molecule has 0 radical (unpaired) electrons. The fourth-order valence-electron chi connectivity index (χ4n) is 1.75. The average Bonchev–Trinajstić information content (AvgIpc) is 2.47. The van der Waals surface area contributed by atoms with Gasteiger partial charge in [-0.2, -0.15) is 21.8 Å². The van der Waals surface area contributed by atoms with E-state index in [1.54, 1.807) is 4.68 Å². The van der Waals surface area contributed by atoms with Crippen LogP contribution in [0.2, 0.25) is 0 Å². The monoisotopic (exact) mass is 212 g/mol. The Morgan fingerprint density at radius 2 is 2.21 bits per heavy atom. The van der Waals surface area contributed by atoms with Gasteiger partial charge >= 0.3 is 0 Å². The van der Waals surface area contributed by atoms with E-state index in [9.17, 15) is 0 Å². The summed E-state index contributed by atoms with van der Waals surface area (Å²) >= 11 is 2.05. The van der Waals surface area contributed by atoms with Crippen molar-refractivity contribution in [1.82, 2.24) is 14.8 Å². The Bertz CT molecular complexity index is 284. The van der Waals surface area contributed by atoms with E-state index in [1.165, 1.54) is 24.3 Å². The zero-order chi connectivity index (χ0) is 9.97. The number of thioether (sulfide) groups is 1. The van der Waals surface area contributed by atoms with E-state index in [0.717, 1.165) is 18.2 Å². The second-order valence-electron chi connectivity index (χ2n) is 3.77. The van der Waals surface area contributed by atoms with Crippen molar-refractivity contribution in [1.29, 1.82) is 0 Å². The normalized spacial score (nSPS) is 18.6. The van der Waals surface area contributed by atoms with Crippen LogP contribution in [0.5, 0.6) is 0 Å². The quantitative estimate of drug-likeness (QED) is 0.797. The molecule has 14 heavy (non-hydrogen) atoms. The van der Waals surface area contributed by atoms with E-state index >= 15 is 0 Å². The highest BCUT2D eigenvalue weighted by atomic mass is 32.2. The number of nitrogen functional groups attached to an aromatic ring is 1. The van der Waals surface area contributed by atoms with Crippen molar-refractivity contribution >= 4 is 17.7 Å². The van der Waals surface area contributed by atoms with Gasteiger partial charge in [-0.15, -0.1) is 0 Å². The molecular formula is C9H16N4S. The largest absolute Gasteiger partial charge is 0.368 e. The minimum Gasteiger partial charge on any atom is -0.368 e. The van der Waals surface area contributed by atoms with Crippen LogP contribution in [0, 0.1) is 5.92 Å². The van der Waals surface area contributed by atoms with Crippen molar-refractivity contribution in [2.75, 3.05) is 17.2 Å². The van der Waals surface area contributed by atoms with Gasteiger partial charge in [-0.05, 0) is 30.3 Å². The van der Waals surface area contributed by atoms with E-state index in [0.29, 0.717) is 5.95 Å². The third-order valence-corrected chi connectivity index (χ3v) is 3.70. The molecule has 5 heteroatoms. The average molecular weight is 212 g/mol. The number of nitrogens with two attached hydrogens (primary N) is 1. The van der Waals surface area contributed by atoms with Gasteiger partial charge in [0.2, 0.25) is 5.95 Å². The summed E-state index contributed by atoms with van der Waals surface area (Å²) in [5, 5.41) is 4.28. The molecule has 0 bridgehead atoms. The Balaban J connectivity index is 1.95. The van der Waals surface area contributed by atoms with Gasteiger partial charge in [0, 0.05) is 13.5 Å². The van der Waals surface area contributed by atoms with Crippen molar-refractivity contribution in [3.8, 4) is 0 Å². The fourth-order valence-corrected chi connectivity index (χ4v) is 2.95. The summed E-state index contributed by atoms with van der Waals surface area (Å²) in [7, 11) is 1.84. The number of hydrogen-bond donors (Lipinski definition) is 1. The maximum atomic E-state index is 5.63. The summed E-state index contributed by atoms with van der Waals surface area (Å²) in [5.74, 6) is 4.75. The highest BCUT2D eigenvalue weighted by Gasteiger charge is 2.16. The van der Waals surface area contributed by atoms with Gasteiger partial charge < -0.3 is 5.73 Å². The first-order chi connectivity index (χ1) is 6.75. The molecule has 0 amide bonds. The number of aromatic nitrogens is 3. The van der Waals surface area contributed by atoms with Gasteiger partial charge in [-0.3, -0.25) is 0 Å². The Hall–Kier alpha value is -0.710. The molecule has 0 unspecified atom stereocenters.